The molecule has 2 fully saturated rings. The molecule has 2 atom stereocenters. The molecule has 44 heavy (non-hydrogen) atoms. The number of carbonyl (C=O) groups excluding carboxylic acids is 5. The van der Waals surface area contributed by atoms with Crippen molar-refractivity contribution in [1.82, 2.24) is 0 Å². The Morgan fingerprint density at radius 1 is 0.773 bits per heavy atom. The van der Waals surface area contributed by atoms with Crippen LogP contribution in [-0.2, 0) is 56.5 Å². The summed E-state index contributed by atoms with van der Waals surface area (Å²) in [6, 6.07) is 0. The van der Waals surface area contributed by atoms with E-state index in [9.17, 15) is 9.36 Å². The molecule has 2 rings (SSSR count). The molecule has 2 unspecified atom stereocenters. The predicted octanol–water partition coefficient (Wildman–Crippen LogP) is 6.22. The van der Waals surface area contributed by atoms with Crippen LogP contribution in [0.1, 0.15) is 81.1 Å². The zero-order valence-corrected chi connectivity index (χ0v) is 29.2. The zero-order chi connectivity index (χ0) is 34.7. The summed E-state index contributed by atoms with van der Waals surface area (Å²) in [5.41, 5.74) is 1.75. The van der Waals surface area contributed by atoms with Gasteiger partial charge in [0.05, 0.1) is 26.4 Å². The normalized spacial score (nSPS) is 20.0. The van der Waals surface area contributed by atoms with Crippen molar-refractivity contribution in [1.29, 1.82) is 0 Å². The molecule has 256 valence electrons. The minimum atomic E-state index is -2.92. The number of carbonyl (C=O) groups is 1. The topological polar surface area (TPSA) is 158 Å². The van der Waals surface area contributed by atoms with E-state index in [1.165, 1.54) is 12.2 Å². The van der Waals surface area contributed by atoms with Crippen LogP contribution in [0.4, 0.5) is 0 Å². The first-order chi connectivity index (χ1) is 20.7. The highest BCUT2D eigenvalue weighted by Crippen LogP contribution is 2.51. The highest BCUT2D eigenvalue weighted by Gasteiger charge is 2.47. The summed E-state index contributed by atoms with van der Waals surface area (Å²) in [6.07, 6.45) is 8.49. The van der Waals surface area contributed by atoms with Crippen molar-refractivity contribution >= 4 is 25.7 Å². The van der Waals surface area contributed by atoms with Crippen LogP contribution in [0.3, 0.4) is 0 Å². The number of rotatable bonds is 15. The maximum absolute atomic E-state index is 11.6. The van der Waals surface area contributed by atoms with Crippen LogP contribution >= 0.6 is 7.60 Å². The summed E-state index contributed by atoms with van der Waals surface area (Å²) in [5, 5.41) is 0. The molecular formula is C31H55O12P. The van der Waals surface area contributed by atoms with Crippen LogP contribution in [-0.4, -0.2) is 72.3 Å². The van der Waals surface area contributed by atoms with Crippen molar-refractivity contribution in [2.45, 2.75) is 81.1 Å². The molecule has 0 aliphatic heterocycles. The van der Waals surface area contributed by atoms with Gasteiger partial charge < -0.3 is 28.0 Å². The van der Waals surface area contributed by atoms with Gasteiger partial charge in [-0.15, -0.1) is 0 Å². The van der Waals surface area contributed by atoms with Crippen LogP contribution in [0.5, 0.6) is 0 Å². The van der Waals surface area contributed by atoms with Gasteiger partial charge in [-0.2, -0.15) is 19.2 Å². The van der Waals surface area contributed by atoms with Crippen molar-refractivity contribution in [3.05, 3.63) is 23.5 Å². The van der Waals surface area contributed by atoms with Crippen LogP contribution in [0, 0.1) is 22.7 Å². The molecule has 0 aromatic heterocycles. The molecule has 2 aliphatic carbocycles. The van der Waals surface area contributed by atoms with Gasteiger partial charge in [-0.3, -0.25) is 9.36 Å². The molecule has 0 spiro atoms. The number of ketones is 1. The number of allylic oxidation sites excluding steroid dienone is 3. The van der Waals surface area contributed by atoms with Gasteiger partial charge in [-0.1, -0.05) is 59.3 Å². The van der Waals surface area contributed by atoms with Gasteiger partial charge in [-0.05, 0) is 44.4 Å². The molecule has 0 aromatic rings. The zero-order valence-electron chi connectivity index (χ0n) is 28.3. The Balaban J connectivity index is -0.000000526. The average molecular weight is 651 g/mol. The lowest BCUT2D eigenvalue weighted by atomic mass is 9.59. The molecule has 2 aliphatic rings. The summed E-state index contributed by atoms with van der Waals surface area (Å²) >= 11 is 0. The monoisotopic (exact) mass is 650 g/mol. The Morgan fingerprint density at radius 2 is 1.20 bits per heavy atom. The van der Waals surface area contributed by atoms with Gasteiger partial charge in [0.25, 0.3) is 0 Å². The number of hydrogen-bond donors (Lipinski definition) is 0. The number of Topliss-reactive ketones (excluding diaryl/α,β-unsaturated/α-hetero) is 1. The second kappa shape index (κ2) is 27.2. The lowest BCUT2D eigenvalue weighted by molar-refractivity contribution is -0.193. The van der Waals surface area contributed by atoms with Crippen LogP contribution in [0.2, 0.25) is 0 Å². The van der Waals surface area contributed by atoms with Crippen LogP contribution < -0.4 is 0 Å². The van der Waals surface area contributed by atoms with Crippen LogP contribution in [0.15, 0.2) is 23.5 Å². The molecule has 0 N–H and O–H groups in total. The fourth-order valence-corrected chi connectivity index (χ4v) is 5.58. The molecule has 0 bridgehead atoms. The average Bonchev–Trinajstić information content (AvgIpc) is 2.97. The summed E-state index contributed by atoms with van der Waals surface area (Å²) in [4.78, 5) is 43.6. The van der Waals surface area contributed by atoms with E-state index >= 15 is 0 Å². The molecular weight excluding hydrogens is 595 g/mol. The summed E-state index contributed by atoms with van der Waals surface area (Å²) in [6.45, 7) is 19.3. The maximum Gasteiger partial charge on any atom is 0.373 e. The Kier molecular flexibility index (Phi) is 28.7. The predicted molar refractivity (Wildman–Crippen MR) is 163 cm³/mol. The van der Waals surface area contributed by atoms with Gasteiger partial charge in [-0.25, -0.2) is 0 Å². The standard InChI is InChI=1S/C12H22O2.C9H16O3.C8H17O3P.2CO2/c1-5-6-10-7-11(12(10,2)3)8-14-9-13-4;1-9(2)7(4-8(9)10)5-12-6-11-3;1-4-7-8-12(9,10-5-2)11-6-3;2*2-1-3/h6,11H,5,7-9H2,1-4H3;7H,4-6H2,1-3H3;7-8H,4-6H2,1-3H3;;/b;;8-7+;;. The number of hydrogen-bond acceptors (Lipinski definition) is 12. The highest BCUT2D eigenvalue weighted by molar-refractivity contribution is 7.57. The quantitative estimate of drug-likeness (QED) is 0.0854. The summed E-state index contributed by atoms with van der Waals surface area (Å²) < 4.78 is 41.9. The van der Waals surface area contributed by atoms with E-state index in [1.54, 1.807) is 39.7 Å². The van der Waals surface area contributed by atoms with Gasteiger partial charge in [0.15, 0.2) is 0 Å². The SMILES string of the molecule is CC/C=C/P(=O)(OCC)OCC.CCC=C1CC(COCOC)C1(C)C.COCOCC1CC(=O)C1(C)C.O=C=O.O=C=O. The fourth-order valence-electron chi connectivity index (χ4n) is 4.15. The molecule has 0 heterocycles. The molecule has 12 nitrogen and oxygen atoms in total. The van der Waals surface area contributed by atoms with E-state index in [1.807, 2.05) is 20.8 Å². The minimum absolute atomic E-state index is 0.173. The Bertz CT molecular complexity index is 908. The lowest BCUT2D eigenvalue weighted by Gasteiger charge is -2.47. The first-order valence-corrected chi connectivity index (χ1v) is 16.2. The Morgan fingerprint density at radius 3 is 1.50 bits per heavy atom. The minimum Gasteiger partial charge on any atom is -0.359 e. The van der Waals surface area contributed by atoms with Gasteiger partial charge in [0, 0.05) is 37.8 Å². The van der Waals surface area contributed by atoms with E-state index in [4.69, 9.17) is 47.2 Å². The lowest BCUT2D eigenvalue weighted by Crippen LogP contribution is -2.47. The van der Waals surface area contributed by atoms with Gasteiger partial charge >= 0.3 is 19.9 Å². The summed E-state index contributed by atoms with van der Waals surface area (Å²) in [5.74, 6) is 2.91. The molecule has 0 saturated heterocycles. The first kappa shape index (κ1) is 46.3. The van der Waals surface area contributed by atoms with E-state index in [0.717, 1.165) is 19.4 Å². The van der Waals surface area contributed by atoms with Crippen molar-refractivity contribution in [2.24, 2.45) is 22.7 Å². The van der Waals surface area contributed by atoms with E-state index < -0.39 is 7.60 Å². The Hall–Kier alpha value is -2.10. The molecule has 0 aromatic carbocycles. The van der Waals surface area contributed by atoms with Crippen LogP contribution in [0.25, 0.3) is 0 Å². The van der Waals surface area contributed by atoms with Crippen molar-refractivity contribution in [3.63, 3.8) is 0 Å². The van der Waals surface area contributed by atoms with E-state index in [0.29, 0.717) is 62.9 Å². The third-order valence-electron chi connectivity index (χ3n) is 7.12. The number of ether oxygens (including phenoxy) is 4. The molecule has 0 radical (unpaired) electrons. The third-order valence-corrected chi connectivity index (χ3v) is 8.93. The van der Waals surface area contributed by atoms with E-state index in [-0.39, 0.29) is 17.7 Å². The second-order valence-electron chi connectivity index (χ2n) is 10.7. The number of methoxy groups -OCH3 is 2. The van der Waals surface area contributed by atoms with Gasteiger partial charge in [0.2, 0.25) is 0 Å². The first-order valence-electron chi connectivity index (χ1n) is 14.6. The smallest absolute Gasteiger partial charge is 0.359 e. The summed E-state index contributed by atoms with van der Waals surface area (Å²) in [7, 11) is 0.339. The maximum atomic E-state index is 11.6. The molecule has 0 amide bonds. The van der Waals surface area contributed by atoms with Crippen molar-refractivity contribution in [3.8, 4) is 0 Å². The molecule has 2 saturated carbocycles. The Labute approximate surface area is 263 Å². The van der Waals surface area contributed by atoms with Crippen molar-refractivity contribution < 1.29 is 56.5 Å². The highest BCUT2D eigenvalue weighted by atomic mass is 31.2. The molecule has 13 heteroatoms. The van der Waals surface area contributed by atoms with Crippen molar-refractivity contribution in [2.75, 3.05) is 54.2 Å². The third kappa shape index (κ3) is 19.3. The fraction of sp³-hybridized carbons (Fsp3) is 0.774. The van der Waals surface area contributed by atoms with E-state index in [2.05, 4.69) is 26.8 Å². The largest absolute Gasteiger partial charge is 0.373 e. The second-order valence-corrected chi connectivity index (χ2v) is 12.6. The van der Waals surface area contributed by atoms with Gasteiger partial charge in [0.1, 0.15) is 19.4 Å².